The highest BCUT2D eigenvalue weighted by Gasteiger charge is 2.21. The van der Waals surface area contributed by atoms with Crippen molar-refractivity contribution >= 4 is 126 Å². The number of halogens is 4. The number of fused-ring (bicyclic) bond motifs is 5. The molecular formula is C87H63Cl4N5O7S. The normalized spacial score (nSPS) is 12.9. The lowest BCUT2D eigenvalue weighted by molar-refractivity contribution is 0.0600. The number of aryl methyl sites for hydroxylation is 2. The molecule has 0 saturated carbocycles. The molecule has 6 heterocycles. The molecule has 0 amide bonds. The van der Waals surface area contributed by atoms with Gasteiger partial charge in [-0.2, -0.15) is 0 Å². The zero-order chi connectivity index (χ0) is 71.8. The number of aromatic nitrogens is 1. The van der Waals surface area contributed by atoms with Crippen molar-refractivity contribution in [1.82, 2.24) is 4.98 Å². The molecule has 0 saturated heterocycles. The van der Waals surface area contributed by atoms with Crippen molar-refractivity contribution in [3.8, 4) is 67.5 Å². The van der Waals surface area contributed by atoms with Crippen LogP contribution >= 0.6 is 57.7 Å². The maximum Gasteiger partial charge on any atom is 0.337 e. The Morgan fingerprint density at radius 3 is 1.18 bits per heavy atom. The smallest absolute Gasteiger partial charge is 0.337 e. The number of pyridine rings is 1. The zero-order valence-electron chi connectivity index (χ0n) is 56.7. The summed E-state index contributed by atoms with van der Waals surface area (Å²) >= 11 is 25.5. The van der Waals surface area contributed by atoms with Crippen LogP contribution in [0.3, 0.4) is 0 Å². The van der Waals surface area contributed by atoms with Crippen LogP contribution in [0.25, 0.3) is 55.3 Å². The third-order valence-corrected chi connectivity index (χ3v) is 19.6. The van der Waals surface area contributed by atoms with Crippen LogP contribution in [-0.2, 0) is 4.74 Å². The van der Waals surface area contributed by atoms with Crippen molar-refractivity contribution in [3.63, 3.8) is 0 Å². The van der Waals surface area contributed by atoms with Gasteiger partial charge in [0.1, 0.15) is 72.2 Å². The van der Waals surface area contributed by atoms with E-state index in [1.807, 2.05) is 134 Å². The molecule has 11 aromatic carbocycles. The van der Waals surface area contributed by atoms with E-state index < -0.39 is 0 Å². The molecule has 0 atom stereocenters. The summed E-state index contributed by atoms with van der Waals surface area (Å²) in [5.74, 6) is 2.62. The summed E-state index contributed by atoms with van der Waals surface area (Å²) in [5, 5.41) is 6.87. The highest BCUT2D eigenvalue weighted by molar-refractivity contribution is 7.12. The van der Waals surface area contributed by atoms with Crippen LogP contribution in [0.2, 0.25) is 20.1 Å². The Hall–Kier alpha value is -11.3. The number of thiophene rings is 1. The molecule has 104 heavy (non-hydrogen) atoms. The third kappa shape index (κ3) is 16.1. The van der Waals surface area contributed by atoms with E-state index in [0.717, 1.165) is 129 Å². The minimum Gasteiger partial charge on any atom is -0.485 e. The Morgan fingerprint density at radius 1 is 0.394 bits per heavy atom. The quantitative estimate of drug-likeness (QED) is 0.0973. The van der Waals surface area contributed by atoms with Crippen molar-refractivity contribution in [3.05, 3.63) is 324 Å². The molecule has 0 unspecified atom stereocenters. The average molecular weight is 1460 g/mol. The van der Waals surface area contributed by atoms with Crippen LogP contribution in [0.1, 0.15) is 60.3 Å². The number of rotatable bonds is 10. The molecule has 17 rings (SSSR count). The summed E-state index contributed by atoms with van der Waals surface area (Å²) in [6, 6.07) is 79.3. The van der Waals surface area contributed by atoms with Gasteiger partial charge in [-0.15, -0.1) is 11.3 Å². The van der Waals surface area contributed by atoms with Crippen LogP contribution in [-0.4, -0.2) is 73.1 Å². The Bertz CT molecular complexity index is 5540. The third-order valence-electron chi connectivity index (χ3n) is 17.7. The van der Waals surface area contributed by atoms with Gasteiger partial charge in [0.15, 0.2) is 5.78 Å². The number of ether oxygens (including phenoxy) is 5. The van der Waals surface area contributed by atoms with Crippen molar-refractivity contribution in [2.75, 3.05) is 33.5 Å². The molecule has 0 spiro atoms. The van der Waals surface area contributed by atoms with E-state index >= 15 is 0 Å². The minimum atomic E-state index is -0.342. The molecule has 512 valence electrons. The molecule has 2 aromatic heterocycles. The second kappa shape index (κ2) is 31.5. The largest absolute Gasteiger partial charge is 0.485 e. The van der Waals surface area contributed by atoms with Crippen LogP contribution in [0.15, 0.2) is 280 Å². The lowest BCUT2D eigenvalue weighted by Gasteiger charge is -2.17. The van der Waals surface area contributed by atoms with Gasteiger partial charge in [-0.05, 0) is 159 Å². The summed E-state index contributed by atoms with van der Waals surface area (Å²) in [7, 11) is 1.38. The monoisotopic (exact) mass is 1460 g/mol. The van der Waals surface area contributed by atoms with Gasteiger partial charge in [0.2, 0.25) is 0 Å². The SMILES string of the molecule is CC(=O)c1sccc1-c1ccc(C2=Nc3ccc(Cl)cc3OC2)cc1.COC(=O)c1ccc(C)c(-c2ccc(C3=Nc4ccc(Cl)cc4OC3)cc2)c1.Cc1ccc(-c2ccc(C3=Nc4ccc(Cl)cc4OC3)cc2)cc1.Clc1ccc2c(c1)OCC(c1ccc(-c3cncc4ccccc34)cc1)=N2. The molecular weight excluding hydrogens is 1400 g/mol. The summed E-state index contributed by atoms with van der Waals surface area (Å²) in [6.07, 6.45) is 3.81. The fourth-order valence-corrected chi connectivity index (χ4v) is 13.6. The maximum atomic E-state index is 11.8. The number of Topliss-reactive ketones (excluding diaryl/α,β-unsaturated/α-hetero) is 1. The van der Waals surface area contributed by atoms with E-state index in [-0.39, 0.29) is 11.8 Å². The van der Waals surface area contributed by atoms with Gasteiger partial charge in [0, 0.05) is 73.3 Å². The Balaban J connectivity index is 0.000000117. The molecule has 17 heteroatoms. The lowest BCUT2D eigenvalue weighted by atomic mass is 9.96. The van der Waals surface area contributed by atoms with E-state index in [0.29, 0.717) is 63.6 Å². The van der Waals surface area contributed by atoms with Gasteiger partial charge in [0.05, 0.1) is 40.4 Å². The molecule has 4 aliphatic heterocycles. The molecule has 0 radical (unpaired) electrons. The molecule has 0 N–H and O–H groups in total. The predicted octanol–water partition coefficient (Wildman–Crippen LogP) is 23.3. The van der Waals surface area contributed by atoms with E-state index in [9.17, 15) is 9.59 Å². The number of methoxy groups -OCH3 is 1. The Labute approximate surface area is 625 Å². The van der Waals surface area contributed by atoms with Crippen molar-refractivity contribution in [2.45, 2.75) is 20.8 Å². The predicted molar refractivity (Wildman–Crippen MR) is 424 cm³/mol. The summed E-state index contributed by atoms with van der Waals surface area (Å²) < 4.78 is 28.0. The first kappa shape index (κ1) is 69.8. The standard InChI is InChI=1S/C23H15ClN2O.C23H18ClNO3.C21H16ClNO.C20H14ClNO2S/c24-18-9-10-21-23(11-18)27-14-22(26-21)16-7-5-15(6-8-16)20-13-25-12-17-3-1-2-4-19(17)20;1-14-3-4-17(23(26)27-2)11-19(14)15-5-7-16(8-6-15)21-13-28-22-12-18(24)9-10-20(22)25-21;1-14-2-4-15(5-3-14)16-6-8-17(9-7-16)20-13-24-21-12-18(22)10-11-19(21)23-20;1-12(23)20-16(8-9-25-20)13-2-4-14(5-3-13)18-11-24-19-10-15(21)6-7-17(19)22-18/h1-13H,14H2;3-12H,13H2,1-2H3;2-12H,13H2,1H3;2-10H,11H2,1H3. The van der Waals surface area contributed by atoms with Crippen LogP contribution in [0.4, 0.5) is 22.7 Å². The second-order valence-electron chi connectivity index (χ2n) is 24.7. The number of nitrogens with zero attached hydrogens (tertiary/aromatic N) is 5. The van der Waals surface area contributed by atoms with Crippen molar-refractivity contribution in [1.29, 1.82) is 0 Å². The van der Waals surface area contributed by atoms with Crippen LogP contribution in [0.5, 0.6) is 23.0 Å². The van der Waals surface area contributed by atoms with Gasteiger partial charge in [0.25, 0.3) is 0 Å². The molecule has 12 nitrogen and oxygen atoms in total. The van der Waals surface area contributed by atoms with E-state index in [4.69, 9.17) is 85.1 Å². The number of aliphatic imine (C=N–C) groups is 4. The van der Waals surface area contributed by atoms with Gasteiger partial charge < -0.3 is 23.7 Å². The van der Waals surface area contributed by atoms with Gasteiger partial charge >= 0.3 is 5.97 Å². The second-order valence-corrected chi connectivity index (χ2v) is 27.3. The summed E-state index contributed by atoms with van der Waals surface area (Å²) in [6.45, 7) is 7.40. The lowest BCUT2D eigenvalue weighted by Crippen LogP contribution is -2.16. The highest BCUT2D eigenvalue weighted by Crippen LogP contribution is 2.40. The maximum absolute atomic E-state index is 11.8. The number of esters is 1. The molecule has 4 aliphatic rings. The Kier molecular flexibility index (Phi) is 21.2. The molecule has 0 aliphatic carbocycles. The average Bonchev–Trinajstić information content (AvgIpc) is 0.859. The van der Waals surface area contributed by atoms with Gasteiger partial charge in [-0.1, -0.05) is 204 Å². The van der Waals surface area contributed by atoms with E-state index in [2.05, 4.69) is 108 Å². The van der Waals surface area contributed by atoms with Gasteiger partial charge in [-0.3, -0.25) is 9.78 Å². The molecule has 13 aromatic rings. The number of hydrogen-bond acceptors (Lipinski definition) is 13. The van der Waals surface area contributed by atoms with Crippen LogP contribution in [0, 0.1) is 13.8 Å². The first-order chi connectivity index (χ1) is 50.6. The first-order valence-electron chi connectivity index (χ1n) is 33.2. The van der Waals surface area contributed by atoms with Gasteiger partial charge in [-0.25, -0.2) is 24.8 Å². The topological polar surface area (TPSA) is 143 Å². The summed E-state index contributed by atoms with van der Waals surface area (Å²) in [5.41, 5.74) is 22.5. The van der Waals surface area contributed by atoms with Crippen molar-refractivity contribution in [2.24, 2.45) is 20.0 Å². The molecule has 0 fully saturated rings. The number of carbonyl (C=O) groups is 2. The molecule has 0 bridgehead atoms. The Morgan fingerprint density at radius 2 is 0.769 bits per heavy atom. The number of hydrogen-bond donors (Lipinski definition) is 0. The highest BCUT2D eigenvalue weighted by atomic mass is 35.5. The number of ketones is 1. The van der Waals surface area contributed by atoms with E-state index in [1.165, 1.54) is 40.5 Å². The zero-order valence-corrected chi connectivity index (χ0v) is 60.5. The van der Waals surface area contributed by atoms with Crippen molar-refractivity contribution < 1.29 is 33.3 Å². The number of benzene rings is 11. The first-order valence-corrected chi connectivity index (χ1v) is 35.6. The fraction of sp³-hybridized carbons (Fsp3) is 0.0920. The van der Waals surface area contributed by atoms with E-state index in [1.54, 1.807) is 49.4 Å². The number of carbonyl (C=O) groups excluding carboxylic acids is 2. The summed E-state index contributed by atoms with van der Waals surface area (Å²) in [4.78, 5) is 47.5. The van der Waals surface area contributed by atoms with Crippen LogP contribution < -0.4 is 18.9 Å². The fourth-order valence-electron chi connectivity index (χ4n) is 12.1. The minimum absolute atomic E-state index is 0.0920.